The third-order valence-electron chi connectivity index (χ3n) is 3.74. The first-order valence-electron chi connectivity index (χ1n) is 8.27. The summed E-state index contributed by atoms with van der Waals surface area (Å²) in [5.41, 5.74) is 1.59. The number of nitrogens with zero attached hydrogens (tertiary/aromatic N) is 4. The largest absolute Gasteiger partial charge is 0.483 e. The van der Waals surface area contributed by atoms with Crippen LogP contribution in [0.3, 0.4) is 0 Å². The fourth-order valence-electron chi connectivity index (χ4n) is 2.47. The number of amides is 1. The van der Waals surface area contributed by atoms with Crippen LogP contribution in [-0.4, -0.2) is 32.3 Å². The molecule has 2 heterocycles. The Balaban J connectivity index is 1.60. The number of carbonyl (C=O) groups excluding carboxylic acids is 1. The summed E-state index contributed by atoms with van der Waals surface area (Å²) in [5, 5.41) is 6.77. The van der Waals surface area contributed by atoms with Gasteiger partial charge < -0.3 is 10.1 Å². The third-order valence-corrected chi connectivity index (χ3v) is 3.74. The second-order valence-corrected chi connectivity index (χ2v) is 6.83. The predicted molar refractivity (Wildman–Crippen MR) is 98.4 cm³/mol. The molecule has 0 aliphatic heterocycles. The number of carbonyl (C=O) groups is 1. The average molecular weight is 351 g/mol. The Morgan fingerprint density at radius 3 is 2.65 bits per heavy atom. The van der Waals surface area contributed by atoms with Gasteiger partial charge in [0.15, 0.2) is 12.4 Å². The lowest BCUT2D eigenvalue weighted by molar-refractivity contribution is -0.118. The first kappa shape index (κ1) is 17.6. The Hall–Kier alpha value is -3.22. The van der Waals surface area contributed by atoms with Crippen molar-refractivity contribution in [3.63, 3.8) is 0 Å². The van der Waals surface area contributed by atoms with Gasteiger partial charge in [-0.1, -0.05) is 39.0 Å². The number of benzene rings is 1. The lowest BCUT2D eigenvalue weighted by Gasteiger charge is -2.22. The van der Waals surface area contributed by atoms with Gasteiger partial charge in [-0.15, -0.1) is 0 Å². The number of rotatable bonds is 5. The molecule has 0 radical (unpaired) electrons. The number of aromatic nitrogens is 4. The van der Waals surface area contributed by atoms with E-state index in [1.807, 2.05) is 24.3 Å². The molecular formula is C19H21N5O2. The molecule has 7 nitrogen and oxygen atoms in total. The van der Waals surface area contributed by atoms with Gasteiger partial charge in [-0.3, -0.25) is 4.79 Å². The molecule has 3 rings (SSSR count). The smallest absolute Gasteiger partial charge is 0.262 e. The fraction of sp³-hybridized carbons (Fsp3) is 0.263. The molecule has 0 bridgehead atoms. The molecule has 134 valence electrons. The summed E-state index contributed by atoms with van der Waals surface area (Å²) >= 11 is 0. The first-order valence-corrected chi connectivity index (χ1v) is 8.27. The monoisotopic (exact) mass is 351 g/mol. The SMILES string of the molecule is CC(C)(C)c1ccccc1OCC(=O)Nc1ccc(-n2cncn2)nc1. The number of ether oxygens (including phenoxy) is 1. The highest BCUT2D eigenvalue weighted by atomic mass is 16.5. The minimum atomic E-state index is -0.246. The van der Waals surface area contributed by atoms with Gasteiger partial charge in [0.25, 0.3) is 5.91 Å². The molecule has 0 aliphatic carbocycles. The van der Waals surface area contributed by atoms with E-state index in [2.05, 4.69) is 41.2 Å². The van der Waals surface area contributed by atoms with Crippen LogP contribution in [0.2, 0.25) is 0 Å². The summed E-state index contributed by atoms with van der Waals surface area (Å²) in [5.74, 6) is 1.09. The molecule has 0 atom stereocenters. The van der Waals surface area contributed by atoms with Crippen molar-refractivity contribution in [3.05, 3.63) is 60.8 Å². The quantitative estimate of drug-likeness (QED) is 0.764. The van der Waals surface area contributed by atoms with Gasteiger partial charge in [0.2, 0.25) is 0 Å². The molecule has 0 saturated heterocycles. The fourth-order valence-corrected chi connectivity index (χ4v) is 2.47. The highest BCUT2D eigenvalue weighted by molar-refractivity contribution is 5.91. The predicted octanol–water partition coefficient (Wildman–Crippen LogP) is 2.98. The summed E-state index contributed by atoms with van der Waals surface area (Å²) < 4.78 is 7.27. The molecule has 0 fully saturated rings. The second kappa shape index (κ2) is 7.35. The van der Waals surface area contributed by atoms with Crippen LogP contribution >= 0.6 is 0 Å². The Labute approximate surface area is 152 Å². The summed E-state index contributed by atoms with van der Waals surface area (Å²) in [7, 11) is 0. The highest BCUT2D eigenvalue weighted by Crippen LogP contribution is 2.30. The van der Waals surface area contributed by atoms with Crippen molar-refractivity contribution in [2.24, 2.45) is 0 Å². The average Bonchev–Trinajstić information content (AvgIpc) is 3.15. The molecular weight excluding hydrogens is 330 g/mol. The van der Waals surface area contributed by atoms with Crippen LogP contribution < -0.4 is 10.1 Å². The van der Waals surface area contributed by atoms with E-state index in [1.54, 1.807) is 24.7 Å². The van der Waals surface area contributed by atoms with Gasteiger partial charge in [0.1, 0.15) is 18.4 Å². The first-order chi connectivity index (χ1) is 12.4. The summed E-state index contributed by atoms with van der Waals surface area (Å²) in [6.45, 7) is 6.25. The van der Waals surface area contributed by atoms with Crippen LogP contribution in [0, 0.1) is 0 Å². The Bertz CT molecular complexity index is 868. The number of anilines is 1. The van der Waals surface area contributed by atoms with Crippen LogP contribution in [0.1, 0.15) is 26.3 Å². The molecule has 0 spiro atoms. The van der Waals surface area contributed by atoms with Crippen molar-refractivity contribution in [1.82, 2.24) is 19.7 Å². The highest BCUT2D eigenvalue weighted by Gasteiger charge is 2.18. The van der Waals surface area contributed by atoms with E-state index in [4.69, 9.17) is 4.74 Å². The van der Waals surface area contributed by atoms with E-state index < -0.39 is 0 Å². The van der Waals surface area contributed by atoms with E-state index in [0.717, 1.165) is 11.3 Å². The van der Waals surface area contributed by atoms with Gasteiger partial charge in [-0.25, -0.2) is 14.6 Å². The van der Waals surface area contributed by atoms with Gasteiger partial charge >= 0.3 is 0 Å². The van der Waals surface area contributed by atoms with Crippen molar-refractivity contribution < 1.29 is 9.53 Å². The molecule has 1 N–H and O–H groups in total. The minimum absolute atomic E-state index is 0.0613. The maximum absolute atomic E-state index is 12.2. The lowest BCUT2D eigenvalue weighted by atomic mass is 9.86. The van der Waals surface area contributed by atoms with Crippen LogP contribution in [0.25, 0.3) is 5.82 Å². The Morgan fingerprint density at radius 2 is 2.00 bits per heavy atom. The number of para-hydroxylation sites is 1. The summed E-state index contributed by atoms with van der Waals surface area (Å²) in [6.07, 6.45) is 4.56. The molecule has 0 unspecified atom stereocenters. The normalized spacial score (nSPS) is 11.2. The number of nitrogens with one attached hydrogen (secondary N) is 1. The minimum Gasteiger partial charge on any atom is -0.483 e. The zero-order valence-corrected chi connectivity index (χ0v) is 15.0. The molecule has 3 aromatic rings. The van der Waals surface area contributed by atoms with Crippen molar-refractivity contribution in [3.8, 4) is 11.6 Å². The van der Waals surface area contributed by atoms with Gasteiger partial charge in [-0.05, 0) is 29.2 Å². The summed E-state index contributed by atoms with van der Waals surface area (Å²) in [6, 6.07) is 11.3. The standard InChI is InChI=1S/C19H21N5O2/c1-19(2,3)15-6-4-5-7-16(15)26-11-18(25)23-14-8-9-17(21-10-14)24-13-20-12-22-24/h4-10,12-13H,11H2,1-3H3,(H,23,25). The van der Waals surface area contributed by atoms with E-state index in [1.165, 1.54) is 11.0 Å². The van der Waals surface area contributed by atoms with Crippen LogP contribution in [0.15, 0.2) is 55.2 Å². The van der Waals surface area contributed by atoms with Crippen molar-refractivity contribution >= 4 is 11.6 Å². The molecule has 1 amide bonds. The summed E-state index contributed by atoms with van der Waals surface area (Å²) in [4.78, 5) is 20.3. The Kier molecular flexibility index (Phi) is 4.97. The topological polar surface area (TPSA) is 81.9 Å². The van der Waals surface area contributed by atoms with Crippen molar-refractivity contribution in [2.45, 2.75) is 26.2 Å². The van der Waals surface area contributed by atoms with Crippen LogP contribution in [-0.2, 0) is 10.2 Å². The van der Waals surface area contributed by atoms with Gasteiger partial charge in [-0.2, -0.15) is 5.10 Å². The van der Waals surface area contributed by atoms with Gasteiger partial charge in [0.05, 0.1) is 11.9 Å². The molecule has 26 heavy (non-hydrogen) atoms. The molecule has 7 heteroatoms. The number of pyridine rings is 1. The van der Waals surface area contributed by atoms with E-state index in [-0.39, 0.29) is 17.9 Å². The number of hydrogen-bond acceptors (Lipinski definition) is 5. The van der Waals surface area contributed by atoms with E-state index in [9.17, 15) is 4.79 Å². The Morgan fingerprint density at radius 1 is 1.19 bits per heavy atom. The maximum Gasteiger partial charge on any atom is 0.262 e. The molecule has 2 aromatic heterocycles. The van der Waals surface area contributed by atoms with Gasteiger partial charge in [0, 0.05) is 0 Å². The maximum atomic E-state index is 12.2. The second-order valence-electron chi connectivity index (χ2n) is 6.83. The van der Waals surface area contributed by atoms with E-state index in [0.29, 0.717) is 11.5 Å². The van der Waals surface area contributed by atoms with Crippen LogP contribution in [0.5, 0.6) is 5.75 Å². The molecule has 0 saturated carbocycles. The zero-order chi connectivity index (χ0) is 18.6. The van der Waals surface area contributed by atoms with E-state index >= 15 is 0 Å². The van der Waals surface area contributed by atoms with Crippen LogP contribution in [0.4, 0.5) is 5.69 Å². The lowest BCUT2D eigenvalue weighted by Crippen LogP contribution is -2.22. The zero-order valence-electron chi connectivity index (χ0n) is 15.0. The third kappa shape index (κ3) is 4.24. The molecule has 0 aliphatic rings. The molecule has 1 aromatic carbocycles. The number of hydrogen-bond donors (Lipinski definition) is 1. The van der Waals surface area contributed by atoms with Crippen molar-refractivity contribution in [2.75, 3.05) is 11.9 Å². The van der Waals surface area contributed by atoms with Crippen molar-refractivity contribution in [1.29, 1.82) is 0 Å².